The van der Waals surface area contributed by atoms with Crippen molar-refractivity contribution in [1.29, 1.82) is 0 Å². The van der Waals surface area contributed by atoms with Gasteiger partial charge in [0.1, 0.15) is 0 Å². The number of phenols is 1. The van der Waals surface area contributed by atoms with E-state index in [1.165, 1.54) is 20.3 Å². The van der Waals surface area contributed by atoms with E-state index in [0.29, 0.717) is 0 Å². The van der Waals surface area contributed by atoms with E-state index >= 15 is 0 Å². The summed E-state index contributed by atoms with van der Waals surface area (Å²) in [6.45, 7) is 0. The molecule has 6 heteroatoms. The standard InChI is InChI=1S/C9H9BrO5/c1-14-5-3-4(9(12)13)6(10)8(15-2)7(5)11/h3,11H,1-2H3,(H,12,13). The number of benzene rings is 1. The maximum atomic E-state index is 10.8. The van der Waals surface area contributed by atoms with Crippen molar-refractivity contribution in [3.05, 3.63) is 16.1 Å². The Morgan fingerprint density at radius 1 is 1.40 bits per heavy atom. The summed E-state index contributed by atoms with van der Waals surface area (Å²) < 4.78 is 9.86. The monoisotopic (exact) mass is 276 g/mol. The zero-order valence-electron chi connectivity index (χ0n) is 8.07. The maximum absolute atomic E-state index is 10.8. The van der Waals surface area contributed by atoms with E-state index in [2.05, 4.69) is 15.9 Å². The molecule has 0 saturated heterocycles. The van der Waals surface area contributed by atoms with E-state index in [-0.39, 0.29) is 27.3 Å². The molecule has 1 aromatic carbocycles. The Hall–Kier alpha value is -1.43. The van der Waals surface area contributed by atoms with Gasteiger partial charge in [0.25, 0.3) is 0 Å². The summed E-state index contributed by atoms with van der Waals surface area (Å²) in [6, 6.07) is 1.21. The molecule has 15 heavy (non-hydrogen) atoms. The second-order valence-corrected chi connectivity index (χ2v) is 3.42. The van der Waals surface area contributed by atoms with Crippen LogP contribution >= 0.6 is 15.9 Å². The minimum absolute atomic E-state index is 0.0340. The van der Waals surface area contributed by atoms with Gasteiger partial charge in [-0.05, 0) is 22.0 Å². The van der Waals surface area contributed by atoms with Crippen LogP contribution in [0.3, 0.4) is 0 Å². The van der Waals surface area contributed by atoms with Crippen LogP contribution in [0, 0.1) is 0 Å². The first-order valence-corrected chi connectivity index (χ1v) is 4.69. The molecule has 5 nitrogen and oxygen atoms in total. The Labute approximate surface area is 94.4 Å². The Morgan fingerprint density at radius 2 is 2.00 bits per heavy atom. The third-order valence-corrected chi connectivity index (χ3v) is 2.60. The maximum Gasteiger partial charge on any atom is 0.337 e. The van der Waals surface area contributed by atoms with Crippen LogP contribution < -0.4 is 9.47 Å². The number of ether oxygens (including phenoxy) is 2. The number of carboxylic acid groups (broad SMARTS) is 1. The van der Waals surface area contributed by atoms with Crippen LogP contribution in [-0.4, -0.2) is 30.4 Å². The average molecular weight is 277 g/mol. The van der Waals surface area contributed by atoms with Gasteiger partial charge in [0.2, 0.25) is 5.75 Å². The first kappa shape index (κ1) is 11.6. The summed E-state index contributed by atoms with van der Waals surface area (Å²) in [5.74, 6) is -1.30. The summed E-state index contributed by atoms with van der Waals surface area (Å²) in [6.07, 6.45) is 0. The van der Waals surface area contributed by atoms with Gasteiger partial charge < -0.3 is 19.7 Å². The first-order valence-electron chi connectivity index (χ1n) is 3.89. The molecule has 82 valence electrons. The van der Waals surface area contributed by atoms with Crippen molar-refractivity contribution in [2.75, 3.05) is 14.2 Å². The Morgan fingerprint density at radius 3 is 2.40 bits per heavy atom. The van der Waals surface area contributed by atoms with Crippen molar-refractivity contribution >= 4 is 21.9 Å². The van der Waals surface area contributed by atoms with Crippen LogP contribution in [-0.2, 0) is 0 Å². The van der Waals surface area contributed by atoms with E-state index in [0.717, 1.165) is 0 Å². The Kier molecular flexibility index (Phi) is 3.41. The number of aromatic carboxylic acids is 1. The molecule has 0 bridgehead atoms. The normalized spacial score (nSPS) is 9.80. The fraction of sp³-hybridized carbons (Fsp3) is 0.222. The molecule has 0 unspecified atom stereocenters. The number of aromatic hydroxyl groups is 1. The van der Waals surface area contributed by atoms with E-state index in [4.69, 9.17) is 14.6 Å². The highest BCUT2D eigenvalue weighted by Gasteiger charge is 2.20. The summed E-state index contributed by atoms with van der Waals surface area (Å²) in [5.41, 5.74) is -0.0403. The lowest BCUT2D eigenvalue weighted by Gasteiger charge is -2.11. The quantitative estimate of drug-likeness (QED) is 0.882. The molecule has 0 saturated carbocycles. The molecule has 1 aromatic rings. The second-order valence-electron chi connectivity index (χ2n) is 2.63. The number of hydrogen-bond donors (Lipinski definition) is 2. The minimum Gasteiger partial charge on any atom is -0.502 e. The van der Waals surface area contributed by atoms with Crippen LogP contribution in [0.15, 0.2) is 10.5 Å². The first-order chi connectivity index (χ1) is 7.02. The van der Waals surface area contributed by atoms with Crippen LogP contribution in [0.1, 0.15) is 10.4 Å². The SMILES string of the molecule is COc1cc(C(=O)O)c(Br)c(OC)c1O. The summed E-state index contributed by atoms with van der Waals surface area (Å²) >= 11 is 3.03. The van der Waals surface area contributed by atoms with Gasteiger partial charge in [0, 0.05) is 0 Å². The number of halogens is 1. The molecular formula is C9H9BrO5. The number of hydrogen-bond acceptors (Lipinski definition) is 4. The van der Waals surface area contributed by atoms with Crippen LogP contribution in [0.25, 0.3) is 0 Å². The molecule has 1 rings (SSSR count). The molecule has 0 aliphatic heterocycles. The number of rotatable bonds is 3. The molecule has 0 atom stereocenters. The van der Waals surface area contributed by atoms with Gasteiger partial charge in [-0.15, -0.1) is 0 Å². The molecule has 2 N–H and O–H groups in total. The Balaban J connectivity index is 3.51. The summed E-state index contributed by atoms with van der Waals surface area (Å²) in [4.78, 5) is 10.8. The fourth-order valence-corrected chi connectivity index (χ4v) is 1.73. The summed E-state index contributed by atoms with van der Waals surface area (Å²) in [7, 11) is 2.65. The summed E-state index contributed by atoms with van der Waals surface area (Å²) in [5, 5.41) is 18.5. The molecule has 0 aliphatic rings. The number of carboxylic acids is 1. The Bertz CT molecular complexity index is 402. The molecule has 0 heterocycles. The lowest BCUT2D eigenvalue weighted by atomic mass is 10.2. The predicted molar refractivity (Wildman–Crippen MR) is 55.9 cm³/mol. The topological polar surface area (TPSA) is 76.0 Å². The van der Waals surface area contributed by atoms with E-state index in [1.807, 2.05) is 0 Å². The molecule has 0 spiro atoms. The zero-order chi connectivity index (χ0) is 11.6. The fourth-order valence-electron chi connectivity index (χ4n) is 1.10. The van der Waals surface area contributed by atoms with Gasteiger partial charge >= 0.3 is 5.97 Å². The lowest BCUT2D eigenvalue weighted by Crippen LogP contribution is -2.01. The van der Waals surface area contributed by atoms with Crippen LogP contribution in [0.4, 0.5) is 0 Å². The van der Waals surface area contributed by atoms with Crippen molar-refractivity contribution in [3.8, 4) is 17.2 Å². The van der Waals surface area contributed by atoms with E-state index < -0.39 is 5.97 Å². The average Bonchev–Trinajstić information content (AvgIpc) is 2.18. The van der Waals surface area contributed by atoms with E-state index in [9.17, 15) is 9.90 Å². The van der Waals surface area contributed by atoms with Crippen molar-refractivity contribution in [3.63, 3.8) is 0 Å². The number of carbonyl (C=O) groups is 1. The van der Waals surface area contributed by atoms with Crippen molar-refractivity contribution in [2.45, 2.75) is 0 Å². The number of methoxy groups -OCH3 is 2. The zero-order valence-corrected chi connectivity index (χ0v) is 9.66. The minimum atomic E-state index is -1.14. The highest BCUT2D eigenvalue weighted by Crippen LogP contribution is 2.43. The molecule has 0 aliphatic carbocycles. The van der Waals surface area contributed by atoms with Crippen LogP contribution in [0.5, 0.6) is 17.2 Å². The lowest BCUT2D eigenvalue weighted by molar-refractivity contribution is 0.0695. The van der Waals surface area contributed by atoms with Gasteiger partial charge in [0.15, 0.2) is 11.5 Å². The van der Waals surface area contributed by atoms with Gasteiger partial charge in [-0.25, -0.2) is 4.79 Å². The van der Waals surface area contributed by atoms with Gasteiger partial charge in [-0.1, -0.05) is 0 Å². The van der Waals surface area contributed by atoms with Crippen molar-refractivity contribution in [1.82, 2.24) is 0 Å². The third kappa shape index (κ3) is 1.99. The van der Waals surface area contributed by atoms with Crippen molar-refractivity contribution < 1.29 is 24.5 Å². The van der Waals surface area contributed by atoms with Crippen molar-refractivity contribution in [2.24, 2.45) is 0 Å². The highest BCUT2D eigenvalue weighted by molar-refractivity contribution is 9.10. The molecule has 0 aromatic heterocycles. The van der Waals surface area contributed by atoms with Crippen LogP contribution in [0.2, 0.25) is 0 Å². The highest BCUT2D eigenvalue weighted by atomic mass is 79.9. The van der Waals surface area contributed by atoms with E-state index in [1.54, 1.807) is 0 Å². The molecule has 0 fully saturated rings. The largest absolute Gasteiger partial charge is 0.502 e. The van der Waals surface area contributed by atoms with Gasteiger partial charge in [0.05, 0.1) is 24.3 Å². The van der Waals surface area contributed by atoms with Gasteiger partial charge in [-0.2, -0.15) is 0 Å². The molecule has 0 radical (unpaired) electrons. The smallest absolute Gasteiger partial charge is 0.337 e. The molecule has 0 amide bonds. The predicted octanol–water partition coefficient (Wildman–Crippen LogP) is 1.87. The van der Waals surface area contributed by atoms with Gasteiger partial charge in [-0.3, -0.25) is 0 Å². The molecular weight excluding hydrogens is 268 g/mol. The second kappa shape index (κ2) is 4.39. The third-order valence-electron chi connectivity index (χ3n) is 1.81. The number of phenolic OH excluding ortho intramolecular Hbond substituents is 1.